The summed E-state index contributed by atoms with van der Waals surface area (Å²) in [6, 6.07) is 9.72. The molecular formula is C22H25F3N4O2. The zero-order valence-electron chi connectivity index (χ0n) is 17.4. The fourth-order valence-electron chi connectivity index (χ4n) is 4.19. The number of anilines is 1. The number of rotatable bonds is 5. The zero-order valence-corrected chi connectivity index (χ0v) is 17.4. The van der Waals surface area contributed by atoms with Crippen molar-refractivity contribution >= 4 is 11.3 Å². The summed E-state index contributed by atoms with van der Waals surface area (Å²) in [6.07, 6.45) is 0.911. The van der Waals surface area contributed by atoms with Gasteiger partial charge in [-0.3, -0.25) is 4.40 Å². The summed E-state index contributed by atoms with van der Waals surface area (Å²) < 4.78 is 43.4. The Morgan fingerprint density at radius 3 is 2.48 bits per heavy atom. The second kappa shape index (κ2) is 8.03. The lowest BCUT2D eigenvalue weighted by atomic mass is 9.77. The van der Waals surface area contributed by atoms with Crippen molar-refractivity contribution < 1.29 is 23.0 Å². The molecule has 0 unspecified atom stereocenters. The lowest BCUT2D eigenvalue weighted by Gasteiger charge is -2.36. The van der Waals surface area contributed by atoms with E-state index in [1.54, 1.807) is 10.5 Å². The van der Waals surface area contributed by atoms with E-state index in [4.69, 9.17) is 0 Å². The van der Waals surface area contributed by atoms with Gasteiger partial charge in [-0.1, -0.05) is 12.1 Å². The number of nitrogens with zero attached hydrogens (tertiary/aromatic N) is 3. The normalized spacial score (nSPS) is 20.1. The van der Waals surface area contributed by atoms with E-state index in [-0.39, 0.29) is 5.75 Å². The van der Waals surface area contributed by atoms with Crippen LogP contribution in [-0.4, -0.2) is 37.7 Å². The smallest absolute Gasteiger partial charge is 0.406 e. The maximum Gasteiger partial charge on any atom is 0.573 e. The first kappa shape index (κ1) is 21.4. The van der Waals surface area contributed by atoms with Gasteiger partial charge in [-0.15, -0.1) is 23.4 Å². The van der Waals surface area contributed by atoms with Crippen molar-refractivity contribution in [3.63, 3.8) is 0 Å². The highest BCUT2D eigenvalue weighted by molar-refractivity contribution is 5.63. The number of hydrogen-bond acceptors (Lipinski definition) is 5. The molecule has 0 radical (unpaired) electrons. The lowest BCUT2D eigenvalue weighted by Crippen LogP contribution is -2.37. The molecule has 3 aromatic rings. The summed E-state index contributed by atoms with van der Waals surface area (Å²) in [7, 11) is 0. The summed E-state index contributed by atoms with van der Waals surface area (Å²) in [5.74, 6) is 0.417. The minimum absolute atomic E-state index is 0.291. The molecule has 2 aromatic heterocycles. The van der Waals surface area contributed by atoms with E-state index in [1.807, 2.05) is 32.2 Å². The summed E-state index contributed by atoms with van der Waals surface area (Å²) in [5.41, 5.74) is 1.28. The Morgan fingerprint density at radius 1 is 1.06 bits per heavy atom. The van der Waals surface area contributed by atoms with Crippen molar-refractivity contribution in [3.05, 3.63) is 42.6 Å². The highest BCUT2D eigenvalue weighted by atomic mass is 19.4. The van der Waals surface area contributed by atoms with Gasteiger partial charge in [0.25, 0.3) is 0 Å². The van der Waals surface area contributed by atoms with Crippen LogP contribution in [0.4, 0.5) is 18.9 Å². The Kier molecular flexibility index (Phi) is 5.55. The van der Waals surface area contributed by atoms with Gasteiger partial charge < -0.3 is 15.2 Å². The minimum atomic E-state index is -4.76. The molecule has 0 amide bonds. The first-order chi connectivity index (χ1) is 14.6. The number of hydrogen-bond donors (Lipinski definition) is 2. The third-order valence-corrected chi connectivity index (χ3v) is 5.83. The van der Waals surface area contributed by atoms with Gasteiger partial charge >= 0.3 is 6.36 Å². The van der Waals surface area contributed by atoms with E-state index < -0.39 is 12.0 Å². The van der Waals surface area contributed by atoms with Crippen LogP contribution < -0.4 is 10.1 Å². The monoisotopic (exact) mass is 434 g/mol. The minimum Gasteiger partial charge on any atom is -0.406 e. The Balaban J connectivity index is 1.53. The molecule has 6 nitrogen and oxygen atoms in total. The lowest BCUT2D eigenvalue weighted by molar-refractivity contribution is -0.274. The van der Waals surface area contributed by atoms with Crippen LogP contribution >= 0.6 is 0 Å². The van der Waals surface area contributed by atoms with Gasteiger partial charge in [0.2, 0.25) is 0 Å². The van der Waals surface area contributed by atoms with Crippen LogP contribution in [0.3, 0.4) is 0 Å². The summed E-state index contributed by atoms with van der Waals surface area (Å²) in [4.78, 5) is 0. The Bertz CT molecular complexity index is 1050. The molecule has 2 heterocycles. The Hall–Kier alpha value is -2.81. The van der Waals surface area contributed by atoms with Crippen LogP contribution in [-0.2, 0) is 0 Å². The van der Waals surface area contributed by atoms with Crippen LogP contribution in [0.1, 0.15) is 39.5 Å². The van der Waals surface area contributed by atoms with Crippen molar-refractivity contribution in [2.45, 2.75) is 57.5 Å². The second-order valence-corrected chi connectivity index (χ2v) is 8.59. The standard InChI is InChI=1S/C22H25F3N4O2/c1-21(2,30)15-6-8-16(9-7-15)26-17-10-11-19-27-28-20(29(19)13-17)14-4-3-5-18(12-14)31-22(23,24)25/h3-5,10-13,15-16,26,30H,6-9H2,1-2H3. The summed E-state index contributed by atoms with van der Waals surface area (Å²) in [6.45, 7) is 3.73. The Labute approximate surface area is 178 Å². The number of alkyl halides is 3. The average molecular weight is 434 g/mol. The molecule has 1 aromatic carbocycles. The summed E-state index contributed by atoms with van der Waals surface area (Å²) >= 11 is 0. The summed E-state index contributed by atoms with van der Waals surface area (Å²) in [5, 5.41) is 22.0. The highest BCUT2D eigenvalue weighted by Crippen LogP contribution is 2.34. The number of halogens is 3. The van der Waals surface area contributed by atoms with Gasteiger partial charge in [0.15, 0.2) is 11.5 Å². The van der Waals surface area contributed by atoms with Gasteiger partial charge in [-0.2, -0.15) is 0 Å². The fraction of sp³-hybridized carbons (Fsp3) is 0.455. The quantitative estimate of drug-likeness (QED) is 0.589. The SMILES string of the molecule is CC(C)(O)C1CCC(Nc2ccc3nnc(-c4cccc(OC(F)(F)F)c4)n3c2)CC1. The molecule has 1 saturated carbocycles. The predicted molar refractivity (Wildman–Crippen MR) is 111 cm³/mol. The van der Waals surface area contributed by atoms with Gasteiger partial charge in [0.1, 0.15) is 5.75 Å². The van der Waals surface area contributed by atoms with Gasteiger partial charge in [0, 0.05) is 17.8 Å². The molecule has 0 saturated heterocycles. The van der Waals surface area contributed by atoms with Crippen LogP contribution in [0.25, 0.3) is 17.0 Å². The maximum absolute atomic E-state index is 12.6. The van der Waals surface area contributed by atoms with E-state index in [1.165, 1.54) is 18.2 Å². The van der Waals surface area contributed by atoms with Crippen LogP contribution in [0, 0.1) is 5.92 Å². The van der Waals surface area contributed by atoms with Crippen molar-refractivity contribution in [2.24, 2.45) is 5.92 Å². The van der Waals surface area contributed by atoms with Gasteiger partial charge in [-0.05, 0) is 69.7 Å². The molecule has 31 heavy (non-hydrogen) atoms. The number of aromatic nitrogens is 3. The largest absolute Gasteiger partial charge is 0.573 e. The molecule has 166 valence electrons. The molecule has 2 N–H and O–H groups in total. The number of fused-ring (bicyclic) bond motifs is 1. The van der Waals surface area contributed by atoms with E-state index in [9.17, 15) is 18.3 Å². The van der Waals surface area contributed by atoms with Gasteiger partial charge in [-0.25, -0.2) is 0 Å². The van der Waals surface area contributed by atoms with Crippen molar-refractivity contribution in [2.75, 3.05) is 5.32 Å². The first-order valence-corrected chi connectivity index (χ1v) is 10.3. The number of pyridine rings is 1. The molecule has 1 fully saturated rings. The highest BCUT2D eigenvalue weighted by Gasteiger charge is 2.32. The molecule has 1 aliphatic rings. The fourth-order valence-corrected chi connectivity index (χ4v) is 4.19. The molecule has 1 aliphatic carbocycles. The van der Waals surface area contributed by atoms with Crippen LogP contribution in [0.5, 0.6) is 5.75 Å². The molecule has 0 bridgehead atoms. The number of nitrogens with one attached hydrogen (secondary N) is 1. The molecule has 4 rings (SSSR count). The third-order valence-electron chi connectivity index (χ3n) is 5.83. The third kappa shape index (κ3) is 5.10. The average Bonchev–Trinajstić information content (AvgIpc) is 3.10. The maximum atomic E-state index is 12.6. The molecule has 0 atom stereocenters. The number of ether oxygens (including phenoxy) is 1. The van der Waals surface area contributed by atoms with Gasteiger partial charge in [0.05, 0.1) is 11.3 Å². The number of aliphatic hydroxyl groups is 1. The second-order valence-electron chi connectivity index (χ2n) is 8.59. The van der Waals surface area contributed by atoms with E-state index in [0.717, 1.165) is 31.4 Å². The van der Waals surface area contributed by atoms with E-state index in [2.05, 4.69) is 20.3 Å². The van der Waals surface area contributed by atoms with E-state index in [0.29, 0.717) is 29.0 Å². The van der Waals surface area contributed by atoms with Crippen LogP contribution in [0.2, 0.25) is 0 Å². The van der Waals surface area contributed by atoms with Crippen molar-refractivity contribution in [3.8, 4) is 17.1 Å². The van der Waals surface area contributed by atoms with E-state index >= 15 is 0 Å². The first-order valence-electron chi connectivity index (χ1n) is 10.3. The molecule has 0 spiro atoms. The van der Waals surface area contributed by atoms with Crippen LogP contribution in [0.15, 0.2) is 42.6 Å². The number of benzene rings is 1. The zero-order chi connectivity index (χ0) is 22.2. The topological polar surface area (TPSA) is 71.7 Å². The van der Waals surface area contributed by atoms with Crippen molar-refractivity contribution in [1.29, 1.82) is 0 Å². The van der Waals surface area contributed by atoms with Crippen molar-refractivity contribution in [1.82, 2.24) is 14.6 Å². The Morgan fingerprint density at radius 2 is 1.81 bits per heavy atom. The molecule has 9 heteroatoms. The molecular weight excluding hydrogens is 409 g/mol. The molecule has 0 aliphatic heterocycles. The predicted octanol–water partition coefficient (Wildman–Crippen LogP) is 5.04.